The zero-order valence-corrected chi connectivity index (χ0v) is 21.7. The number of benzene rings is 2. The Kier molecular flexibility index (Phi) is 6.64. The van der Waals surface area contributed by atoms with Crippen molar-refractivity contribution in [2.45, 2.75) is 19.0 Å². The van der Waals surface area contributed by atoms with Crippen molar-refractivity contribution in [1.29, 1.82) is 0 Å². The number of aromatic nitrogens is 4. The highest BCUT2D eigenvalue weighted by Gasteiger charge is 2.33. The van der Waals surface area contributed by atoms with E-state index in [1.165, 1.54) is 13.2 Å². The summed E-state index contributed by atoms with van der Waals surface area (Å²) in [5.74, 6) is -2.01. The van der Waals surface area contributed by atoms with E-state index >= 15 is 0 Å². The normalized spacial score (nSPS) is 17.8. The number of H-pyrrole nitrogens is 1. The van der Waals surface area contributed by atoms with Gasteiger partial charge in [0.1, 0.15) is 22.9 Å². The number of hydrogen-bond acceptors (Lipinski definition) is 6. The van der Waals surface area contributed by atoms with Crippen molar-refractivity contribution >= 4 is 28.4 Å². The predicted molar refractivity (Wildman–Crippen MR) is 146 cm³/mol. The van der Waals surface area contributed by atoms with Crippen molar-refractivity contribution in [1.82, 2.24) is 29.8 Å². The maximum atomic E-state index is 14.6. The lowest BCUT2D eigenvalue weighted by Crippen LogP contribution is -2.52. The van der Waals surface area contributed by atoms with Gasteiger partial charge in [-0.3, -0.25) is 19.6 Å². The van der Waals surface area contributed by atoms with E-state index in [9.17, 15) is 19.1 Å². The van der Waals surface area contributed by atoms with Gasteiger partial charge >= 0.3 is 5.97 Å². The van der Waals surface area contributed by atoms with Gasteiger partial charge in [0.25, 0.3) is 5.91 Å². The van der Waals surface area contributed by atoms with Crippen molar-refractivity contribution < 1.29 is 23.8 Å². The molecule has 1 amide bonds. The van der Waals surface area contributed by atoms with Gasteiger partial charge in [-0.15, -0.1) is 0 Å². The molecular formula is C29H27FN6O4. The molecule has 3 aromatic heterocycles. The maximum absolute atomic E-state index is 14.6. The number of nitrogens with one attached hydrogen (secondary N) is 2. The molecule has 0 spiro atoms. The zero-order valence-electron chi connectivity index (χ0n) is 21.7. The number of hydrogen-bond donors (Lipinski definition) is 3. The molecule has 1 saturated heterocycles. The van der Waals surface area contributed by atoms with Gasteiger partial charge in [-0.05, 0) is 48.9 Å². The van der Waals surface area contributed by atoms with Crippen LogP contribution in [0.4, 0.5) is 4.39 Å². The largest absolute Gasteiger partial charge is 0.496 e. The molecule has 2 atom stereocenters. The molecule has 1 fully saturated rings. The molecule has 6 rings (SSSR count). The number of pyridine rings is 1. The van der Waals surface area contributed by atoms with E-state index in [0.29, 0.717) is 29.1 Å². The first-order valence-corrected chi connectivity index (χ1v) is 12.9. The van der Waals surface area contributed by atoms with Crippen LogP contribution in [-0.4, -0.2) is 67.7 Å². The fraction of sp³-hybridized carbons (Fsp3) is 0.241. The van der Waals surface area contributed by atoms with Crippen LogP contribution in [0.3, 0.4) is 0 Å². The Balaban J connectivity index is 1.23. The number of piperidine rings is 1. The van der Waals surface area contributed by atoms with Gasteiger partial charge in [0.05, 0.1) is 18.5 Å². The number of halogens is 1. The molecule has 1 aliphatic heterocycles. The second-order valence-corrected chi connectivity index (χ2v) is 10.00. The number of amides is 1. The summed E-state index contributed by atoms with van der Waals surface area (Å²) in [6.45, 7) is 0.777. The van der Waals surface area contributed by atoms with Crippen LogP contribution in [0.5, 0.6) is 5.75 Å². The third kappa shape index (κ3) is 4.87. The number of methoxy groups -OCH3 is 1. The Labute approximate surface area is 228 Å². The van der Waals surface area contributed by atoms with E-state index in [2.05, 4.69) is 20.5 Å². The monoisotopic (exact) mass is 542 g/mol. The molecule has 0 radical (unpaired) electrons. The molecule has 204 valence electrons. The van der Waals surface area contributed by atoms with Gasteiger partial charge in [-0.25, -0.2) is 9.37 Å². The lowest BCUT2D eigenvalue weighted by Gasteiger charge is -2.36. The first kappa shape index (κ1) is 25.5. The first-order valence-electron chi connectivity index (χ1n) is 12.9. The highest BCUT2D eigenvalue weighted by atomic mass is 19.1. The van der Waals surface area contributed by atoms with Gasteiger partial charge in [0.2, 0.25) is 0 Å². The van der Waals surface area contributed by atoms with Crippen LogP contribution in [0.15, 0.2) is 67.1 Å². The Hall–Kier alpha value is -4.77. The van der Waals surface area contributed by atoms with Gasteiger partial charge in [-0.2, -0.15) is 5.10 Å². The third-order valence-electron chi connectivity index (χ3n) is 7.38. The summed E-state index contributed by atoms with van der Waals surface area (Å²) in [7, 11) is 1.47. The average molecular weight is 543 g/mol. The summed E-state index contributed by atoms with van der Waals surface area (Å²) < 4.78 is 21.8. The minimum absolute atomic E-state index is 0.164. The molecule has 4 heterocycles. The Bertz CT molecular complexity index is 1730. The van der Waals surface area contributed by atoms with Crippen LogP contribution in [0.25, 0.3) is 27.8 Å². The quantitative estimate of drug-likeness (QED) is 0.286. The summed E-state index contributed by atoms with van der Waals surface area (Å²) in [5.41, 5.74) is 3.95. The molecule has 0 aliphatic carbocycles. The number of carboxylic acids is 1. The standard InChI is InChI=1S/C29H27FN6O4/c1-40-25-4-2-3-23(30)22(25)16-35-13-19(29(38)39)11-20(15-35)32-28(37)17-5-7-24-21(12-17)27(34-33-24)18-6-8-26-31-9-10-36(26)14-18/h2-10,12,14,19-20H,11,13,15-16H2,1H3,(H,32,37)(H,33,34)(H,38,39). The molecule has 1 aliphatic rings. The summed E-state index contributed by atoms with van der Waals surface area (Å²) in [5, 5.41) is 21.1. The molecule has 2 aromatic carbocycles. The average Bonchev–Trinajstić information content (AvgIpc) is 3.60. The minimum Gasteiger partial charge on any atom is -0.496 e. The SMILES string of the molecule is COc1cccc(F)c1CN1CC(NC(=O)c2ccc3[nH]nc(-c4ccc5nccn5c4)c3c2)CC(C(=O)O)C1. The van der Waals surface area contributed by atoms with E-state index in [1.54, 1.807) is 36.5 Å². The predicted octanol–water partition coefficient (Wildman–Crippen LogP) is 3.73. The van der Waals surface area contributed by atoms with E-state index in [0.717, 1.165) is 22.1 Å². The number of carbonyl (C=O) groups excluding carboxylic acids is 1. The van der Waals surface area contributed by atoms with Crippen LogP contribution in [-0.2, 0) is 11.3 Å². The maximum Gasteiger partial charge on any atom is 0.307 e. The number of carboxylic acid groups (broad SMARTS) is 1. The third-order valence-corrected chi connectivity index (χ3v) is 7.38. The fourth-order valence-electron chi connectivity index (χ4n) is 5.41. The highest BCUT2D eigenvalue weighted by molar-refractivity contribution is 6.01. The first-order chi connectivity index (χ1) is 19.4. The summed E-state index contributed by atoms with van der Waals surface area (Å²) in [6.07, 6.45) is 5.78. The summed E-state index contributed by atoms with van der Waals surface area (Å²) in [4.78, 5) is 31.4. The summed E-state index contributed by atoms with van der Waals surface area (Å²) >= 11 is 0. The second kappa shape index (κ2) is 10.4. The summed E-state index contributed by atoms with van der Waals surface area (Å²) in [6, 6.07) is 13.3. The van der Waals surface area contributed by atoms with Crippen molar-refractivity contribution in [3.63, 3.8) is 0 Å². The van der Waals surface area contributed by atoms with Crippen LogP contribution in [0, 0.1) is 11.7 Å². The second-order valence-electron chi connectivity index (χ2n) is 10.00. The lowest BCUT2D eigenvalue weighted by atomic mass is 9.93. The molecule has 2 unspecified atom stereocenters. The fourth-order valence-corrected chi connectivity index (χ4v) is 5.41. The van der Waals surface area contributed by atoms with E-state index in [1.807, 2.05) is 33.8 Å². The number of imidazole rings is 1. The van der Waals surface area contributed by atoms with Gasteiger partial charge in [0, 0.05) is 66.3 Å². The molecule has 0 saturated carbocycles. The molecule has 40 heavy (non-hydrogen) atoms. The number of aliphatic carboxylic acids is 1. The molecule has 3 N–H and O–H groups in total. The number of aromatic amines is 1. The van der Waals surface area contributed by atoms with E-state index in [-0.39, 0.29) is 25.4 Å². The minimum atomic E-state index is -0.955. The van der Waals surface area contributed by atoms with Gasteiger partial charge in [-0.1, -0.05) is 6.07 Å². The number of nitrogens with zero attached hydrogens (tertiary/aromatic N) is 4. The Morgan fingerprint density at radius 2 is 2.08 bits per heavy atom. The number of ether oxygens (including phenoxy) is 1. The Morgan fingerprint density at radius 1 is 1.20 bits per heavy atom. The number of likely N-dealkylation sites (tertiary alicyclic amines) is 1. The van der Waals surface area contributed by atoms with Crippen LogP contribution < -0.4 is 10.1 Å². The van der Waals surface area contributed by atoms with Crippen LogP contribution in [0.1, 0.15) is 22.3 Å². The van der Waals surface area contributed by atoms with Gasteiger partial charge < -0.3 is 19.6 Å². The molecule has 5 aromatic rings. The Morgan fingerprint density at radius 3 is 2.90 bits per heavy atom. The number of rotatable bonds is 7. The molecule has 10 nitrogen and oxygen atoms in total. The van der Waals surface area contributed by atoms with Crippen LogP contribution >= 0.6 is 0 Å². The highest BCUT2D eigenvalue weighted by Crippen LogP contribution is 2.29. The number of carbonyl (C=O) groups is 2. The lowest BCUT2D eigenvalue weighted by molar-refractivity contribution is -0.144. The smallest absolute Gasteiger partial charge is 0.307 e. The van der Waals surface area contributed by atoms with Crippen molar-refractivity contribution in [2.24, 2.45) is 5.92 Å². The van der Waals surface area contributed by atoms with E-state index in [4.69, 9.17) is 4.74 Å². The van der Waals surface area contributed by atoms with Crippen LogP contribution in [0.2, 0.25) is 0 Å². The van der Waals surface area contributed by atoms with Crippen molar-refractivity contribution in [3.8, 4) is 17.0 Å². The molecular weight excluding hydrogens is 515 g/mol. The zero-order chi connectivity index (χ0) is 27.8. The molecule has 11 heteroatoms. The topological polar surface area (TPSA) is 125 Å². The number of fused-ring (bicyclic) bond motifs is 2. The van der Waals surface area contributed by atoms with Crippen molar-refractivity contribution in [3.05, 3.63) is 84.1 Å². The van der Waals surface area contributed by atoms with Crippen molar-refractivity contribution in [2.75, 3.05) is 20.2 Å². The van der Waals surface area contributed by atoms with Gasteiger partial charge in [0.15, 0.2) is 0 Å². The molecule has 0 bridgehead atoms. The van der Waals surface area contributed by atoms with E-state index < -0.39 is 23.7 Å².